The zero-order valence-corrected chi connectivity index (χ0v) is 13.6. The molecule has 1 aliphatic rings. The van der Waals surface area contributed by atoms with Gasteiger partial charge in [-0.05, 0) is 39.1 Å². The van der Waals surface area contributed by atoms with E-state index in [4.69, 9.17) is 0 Å². The minimum Gasteiger partial charge on any atom is -0.371 e. The molecular weight excluding hydrogens is 276 g/mol. The molecule has 0 aromatic carbocycles. The minimum absolute atomic E-state index is 0.440. The van der Waals surface area contributed by atoms with Gasteiger partial charge in [-0.15, -0.1) is 10.2 Å². The third kappa shape index (κ3) is 3.11. The van der Waals surface area contributed by atoms with Crippen LogP contribution in [0.1, 0.15) is 30.4 Å². The highest BCUT2D eigenvalue weighted by atomic mass is 15.3. The summed E-state index contributed by atoms with van der Waals surface area (Å²) in [5, 5.41) is 8.84. The lowest BCUT2D eigenvalue weighted by molar-refractivity contribution is 0.382. The monoisotopic (exact) mass is 300 g/mol. The lowest BCUT2D eigenvalue weighted by Crippen LogP contribution is -2.35. The minimum atomic E-state index is 0.440. The molecule has 118 valence electrons. The van der Waals surface area contributed by atoms with Gasteiger partial charge >= 0.3 is 0 Å². The summed E-state index contributed by atoms with van der Waals surface area (Å²) in [4.78, 5) is 8.65. The zero-order chi connectivity index (χ0) is 15.5. The van der Waals surface area contributed by atoms with E-state index in [1.54, 1.807) is 0 Å². The third-order valence-corrected chi connectivity index (χ3v) is 4.27. The van der Waals surface area contributed by atoms with Crippen LogP contribution in [0.4, 0.5) is 5.69 Å². The highest BCUT2D eigenvalue weighted by molar-refractivity contribution is 5.45. The molecule has 3 heterocycles. The maximum absolute atomic E-state index is 4.47. The summed E-state index contributed by atoms with van der Waals surface area (Å²) in [6, 6.07) is 4.16. The Labute approximate surface area is 131 Å². The van der Waals surface area contributed by atoms with Crippen LogP contribution in [0.2, 0.25) is 0 Å². The molecule has 0 spiro atoms. The van der Waals surface area contributed by atoms with Crippen molar-refractivity contribution in [2.75, 3.05) is 32.1 Å². The SMILES string of the molecule is CN(C)Cc1nnc(C2CCCN(c3ccncc3)C2)n1C. The average Bonchev–Trinajstić information content (AvgIpc) is 2.89. The van der Waals surface area contributed by atoms with Crippen LogP contribution in [-0.4, -0.2) is 51.8 Å². The third-order valence-electron chi connectivity index (χ3n) is 4.27. The molecule has 1 aliphatic heterocycles. The van der Waals surface area contributed by atoms with E-state index in [0.717, 1.165) is 31.3 Å². The van der Waals surface area contributed by atoms with Crippen molar-refractivity contribution in [2.24, 2.45) is 7.05 Å². The van der Waals surface area contributed by atoms with Crippen molar-refractivity contribution in [3.8, 4) is 0 Å². The van der Waals surface area contributed by atoms with E-state index in [1.807, 2.05) is 12.4 Å². The van der Waals surface area contributed by atoms with Gasteiger partial charge in [-0.2, -0.15) is 0 Å². The molecule has 0 saturated carbocycles. The number of anilines is 1. The number of rotatable bonds is 4. The Bertz CT molecular complexity index is 606. The van der Waals surface area contributed by atoms with Gasteiger partial charge in [-0.25, -0.2) is 0 Å². The van der Waals surface area contributed by atoms with Crippen LogP contribution in [-0.2, 0) is 13.6 Å². The molecule has 0 aliphatic carbocycles. The first-order valence-corrected chi connectivity index (χ1v) is 7.83. The molecule has 0 radical (unpaired) electrons. The van der Waals surface area contributed by atoms with Crippen molar-refractivity contribution in [2.45, 2.75) is 25.3 Å². The summed E-state index contributed by atoms with van der Waals surface area (Å²) in [5.74, 6) is 2.58. The van der Waals surface area contributed by atoms with E-state index in [1.165, 1.54) is 18.5 Å². The number of nitrogens with zero attached hydrogens (tertiary/aromatic N) is 6. The molecule has 1 atom stereocenters. The highest BCUT2D eigenvalue weighted by Gasteiger charge is 2.26. The molecule has 3 rings (SSSR count). The zero-order valence-electron chi connectivity index (χ0n) is 13.6. The Morgan fingerprint density at radius 2 is 2.00 bits per heavy atom. The normalized spacial score (nSPS) is 18.9. The Balaban J connectivity index is 1.76. The Hall–Kier alpha value is -1.95. The fourth-order valence-electron chi connectivity index (χ4n) is 3.13. The molecule has 22 heavy (non-hydrogen) atoms. The smallest absolute Gasteiger partial charge is 0.146 e. The van der Waals surface area contributed by atoms with Crippen LogP contribution < -0.4 is 4.90 Å². The lowest BCUT2D eigenvalue weighted by atomic mass is 9.96. The molecule has 0 bridgehead atoms. The standard InChI is InChI=1S/C16H24N6/c1-20(2)12-15-18-19-16(21(15)3)13-5-4-10-22(11-13)14-6-8-17-9-7-14/h6-9,13H,4-5,10-12H2,1-3H3. The quantitative estimate of drug-likeness (QED) is 0.859. The predicted molar refractivity (Wildman–Crippen MR) is 86.8 cm³/mol. The summed E-state index contributed by atoms with van der Waals surface area (Å²) in [5.41, 5.74) is 1.25. The fraction of sp³-hybridized carbons (Fsp3) is 0.562. The van der Waals surface area contributed by atoms with Gasteiger partial charge in [0.05, 0.1) is 6.54 Å². The van der Waals surface area contributed by atoms with Gasteiger partial charge in [0.2, 0.25) is 0 Å². The molecular formula is C16H24N6. The molecule has 6 heteroatoms. The Kier molecular flexibility index (Phi) is 4.38. The number of hydrogen-bond acceptors (Lipinski definition) is 5. The largest absolute Gasteiger partial charge is 0.371 e. The maximum atomic E-state index is 4.47. The van der Waals surface area contributed by atoms with Crippen LogP contribution in [0.15, 0.2) is 24.5 Å². The van der Waals surface area contributed by atoms with E-state index >= 15 is 0 Å². The average molecular weight is 300 g/mol. The molecule has 1 unspecified atom stereocenters. The van der Waals surface area contributed by atoms with Crippen LogP contribution in [0.3, 0.4) is 0 Å². The Morgan fingerprint density at radius 1 is 1.23 bits per heavy atom. The van der Waals surface area contributed by atoms with Gasteiger partial charge in [0.25, 0.3) is 0 Å². The number of hydrogen-bond donors (Lipinski definition) is 0. The highest BCUT2D eigenvalue weighted by Crippen LogP contribution is 2.28. The van der Waals surface area contributed by atoms with E-state index < -0.39 is 0 Å². The van der Waals surface area contributed by atoms with Crippen molar-refractivity contribution in [1.82, 2.24) is 24.6 Å². The fourth-order valence-corrected chi connectivity index (χ4v) is 3.13. The summed E-state index contributed by atoms with van der Waals surface area (Å²) >= 11 is 0. The second-order valence-corrected chi connectivity index (χ2v) is 6.26. The van der Waals surface area contributed by atoms with Crippen LogP contribution in [0.5, 0.6) is 0 Å². The summed E-state index contributed by atoms with van der Waals surface area (Å²) in [7, 11) is 6.19. The molecule has 0 N–H and O–H groups in total. The number of piperidine rings is 1. The number of aromatic nitrogens is 4. The second kappa shape index (κ2) is 6.44. The lowest BCUT2D eigenvalue weighted by Gasteiger charge is -2.33. The van der Waals surface area contributed by atoms with Gasteiger partial charge in [0.15, 0.2) is 0 Å². The van der Waals surface area contributed by atoms with Crippen LogP contribution >= 0.6 is 0 Å². The van der Waals surface area contributed by atoms with E-state index in [9.17, 15) is 0 Å². The van der Waals surface area contributed by atoms with Gasteiger partial charge in [-0.3, -0.25) is 4.98 Å². The topological polar surface area (TPSA) is 50.1 Å². The molecule has 2 aromatic rings. The van der Waals surface area contributed by atoms with Gasteiger partial charge in [0.1, 0.15) is 11.6 Å². The first-order chi connectivity index (χ1) is 10.6. The van der Waals surface area contributed by atoms with Gasteiger partial charge in [-0.1, -0.05) is 0 Å². The first-order valence-electron chi connectivity index (χ1n) is 7.83. The summed E-state index contributed by atoms with van der Waals surface area (Å²) < 4.78 is 2.17. The summed E-state index contributed by atoms with van der Waals surface area (Å²) in [6.45, 7) is 2.92. The van der Waals surface area contributed by atoms with Crippen molar-refractivity contribution in [1.29, 1.82) is 0 Å². The van der Waals surface area contributed by atoms with Crippen molar-refractivity contribution < 1.29 is 0 Å². The number of pyridine rings is 1. The first kappa shape index (κ1) is 15.0. The summed E-state index contributed by atoms with van der Waals surface area (Å²) in [6.07, 6.45) is 6.07. The van der Waals surface area contributed by atoms with Gasteiger partial charge in [0, 0.05) is 44.1 Å². The predicted octanol–water partition coefficient (Wildman–Crippen LogP) is 1.66. The maximum Gasteiger partial charge on any atom is 0.146 e. The second-order valence-electron chi connectivity index (χ2n) is 6.26. The molecule has 6 nitrogen and oxygen atoms in total. The van der Waals surface area contributed by atoms with Crippen molar-refractivity contribution in [3.05, 3.63) is 36.2 Å². The van der Waals surface area contributed by atoms with Crippen molar-refractivity contribution in [3.63, 3.8) is 0 Å². The van der Waals surface area contributed by atoms with Crippen LogP contribution in [0, 0.1) is 0 Å². The van der Waals surface area contributed by atoms with E-state index in [2.05, 4.69) is 62.8 Å². The van der Waals surface area contributed by atoms with Crippen molar-refractivity contribution >= 4 is 5.69 Å². The molecule has 1 saturated heterocycles. The van der Waals surface area contributed by atoms with Gasteiger partial charge < -0.3 is 14.4 Å². The van der Waals surface area contributed by atoms with Crippen LogP contribution in [0.25, 0.3) is 0 Å². The van der Waals surface area contributed by atoms with E-state index in [-0.39, 0.29) is 0 Å². The van der Waals surface area contributed by atoms with E-state index in [0.29, 0.717) is 5.92 Å². The molecule has 0 amide bonds. The Morgan fingerprint density at radius 3 is 2.73 bits per heavy atom. The molecule has 1 fully saturated rings. The molecule has 2 aromatic heterocycles.